The zero-order valence-electron chi connectivity index (χ0n) is 16.4. The number of fused-ring (bicyclic) bond motifs is 1. The maximum atomic E-state index is 12.6. The Hall–Kier alpha value is -2.25. The molecule has 0 heterocycles. The van der Waals surface area contributed by atoms with Gasteiger partial charge in [-0.3, -0.25) is 4.79 Å². The number of nitrogens with one attached hydrogen (secondary N) is 1. The van der Waals surface area contributed by atoms with Crippen LogP contribution >= 0.6 is 11.6 Å². The van der Waals surface area contributed by atoms with Crippen molar-refractivity contribution in [3.05, 3.63) is 46.7 Å². The molecule has 3 aliphatic rings. The molecule has 4 rings (SSSR count). The molecule has 1 aromatic rings. The molecule has 5 atom stereocenters. The van der Waals surface area contributed by atoms with Crippen LogP contribution in [0.25, 0.3) is 0 Å². The third-order valence-electron chi connectivity index (χ3n) is 6.49. The van der Waals surface area contributed by atoms with Crippen LogP contribution in [-0.2, 0) is 9.53 Å². The number of carbonyl (C=O) groups is 2. The number of nitrogens with zero attached hydrogens (tertiary/aromatic N) is 1. The van der Waals surface area contributed by atoms with E-state index in [1.807, 2.05) is 6.20 Å². The van der Waals surface area contributed by atoms with Gasteiger partial charge in [-0.1, -0.05) is 11.6 Å². The van der Waals surface area contributed by atoms with Crippen LogP contribution in [0.3, 0.4) is 0 Å². The van der Waals surface area contributed by atoms with E-state index < -0.39 is 12.0 Å². The predicted octanol–water partition coefficient (Wildman–Crippen LogP) is 2.02. The van der Waals surface area contributed by atoms with Crippen LogP contribution in [0.1, 0.15) is 36.0 Å². The number of carbonyl (C=O) groups excluding carboxylic acids is 2. The van der Waals surface area contributed by atoms with Gasteiger partial charge in [0, 0.05) is 34.4 Å². The number of nitrogens with two attached hydrogens (primary N) is 2. The number of hydrazine groups is 1. The number of halogens is 1. The summed E-state index contributed by atoms with van der Waals surface area (Å²) in [5.41, 5.74) is 7.38. The Morgan fingerprint density at radius 1 is 1.24 bits per heavy atom. The van der Waals surface area contributed by atoms with Crippen LogP contribution in [0.4, 0.5) is 0 Å². The molecule has 0 aliphatic heterocycles. The quantitative estimate of drug-likeness (QED) is 0.355. The number of hydrogen-bond acceptors (Lipinski definition) is 6. The van der Waals surface area contributed by atoms with Gasteiger partial charge >= 0.3 is 5.97 Å². The Morgan fingerprint density at radius 3 is 2.41 bits per heavy atom. The van der Waals surface area contributed by atoms with Gasteiger partial charge in [-0.05, 0) is 67.7 Å². The molecule has 0 aromatic heterocycles. The van der Waals surface area contributed by atoms with Gasteiger partial charge in [0.25, 0.3) is 5.91 Å². The fraction of sp³-hybridized carbons (Fsp3) is 0.524. The summed E-state index contributed by atoms with van der Waals surface area (Å²) < 4.78 is 4.96. The maximum Gasteiger partial charge on any atom is 0.328 e. The van der Waals surface area contributed by atoms with Gasteiger partial charge < -0.3 is 20.8 Å². The van der Waals surface area contributed by atoms with E-state index in [1.165, 1.54) is 7.11 Å². The number of ether oxygens (including phenoxy) is 1. The molecule has 0 spiro atoms. The lowest BCUT2D eigenvalue weighted by Gasteiger charge is -2.26. The summed E-state index contributed by atoms with van der Waals surface area (Å²) >= 11 is 5.88. The number of rotatable bonds is 7. The van der Waals surface area contributed by atoms with Crippen molar-refractivity contribution in [3.63, 3.8) is 0 Å². The first kappa shape index (κ1) is 20.0. The van der Waals surface area contributed by atoms with Crippen LogP contribution in [0.2, 0.25) is 5.02 Å². The molecule has 1 aromatic carbocycles. The highest BCUT2D eigenvalue weighted by Gasteiger charge is 2.61. The average molecular weight is 419 g/mol. The third-order valence-corrected chi connectivity index (χ3v) is 6.74. The molecule has 156 valence electrons. The molecule has 29 heavy (non-hydrogen) atoms. The van der Waals surface area contributed by atoms with Gasteiger partial charge in [0.1, 0.15) is 6.04 Å². The summed E-state index contributed by atoms with van der Waals surface area (Å²) in [5, 5.41) is 5.14. The largest absolute Gasteiger partial charge is 0.467 e. The van der Waals surface area contributed by atoms with E-state index in [0.717, 1.165) is 31.4 Å². The van der Waals surface area contributed by atoms with Gasteiger partial charge in [-0.2, -0.15) is 0 Å². The molecule has 7 nitrogen and oxygen atoms in total. The summed E-state index contributed by atoms with van der Waals surface area (Å²) in [4.78, 5) is 25.0. The molecule has 0 saturated heterocycles. The number of allylic oxidation sites excluding steroid dienone is 1. The van der Waals surface area contributed by atoms with Crippen LogP contribution in [0.15, 0.2) is 36.2 Å². The number of amides is 1. The molecule has 3 aliphatic carbocycles. The van der Waals surface area contributed by atoms with Crippen LogP contribution in [0, 0.1) is 23.7 Å². The predicted molar refractivity (Wildman–Crippen MR) is 109 cm³/mol. The first-order chi connectivity index (χ1) is 13.9. The first-order valence-corrected chi connectivity index (χ1v) is 10.4. The van der Waals surface area contributed by atoms with Gasteiger partial charge in [0.15, 0.2) is 0 Å². The van der Waals surface area contributed by atoms with E-state index >= 15 is 0 Å². The smallest absolute Gasteiger partial charge is 0.328 e. The third kappa shape index (κ3) is 4.21. The average Bonchev–Trinajstić information content (AvgIpc) is 3.63. The molecule has 8 heteroatoms. The Kier molecular flexibility index (Phi) is 5.44. The molecule has 0 bridgehead atoms. The highest BCUT2D eigenvalue weighted by Crippen LogP contribution is 2.60. The van der Waals surface area contributed by atoms with E-state index in [1.54, 1.807) is 29.3 Å². The Morgan fingerprint density at radius 2 is 1.86 bits per heavy atom. The van der Waals surface area contributed by atoms with E-state index in [-0.39, 0.29) is 17.9 Å². The standard InChI is InChI=1S/C21H27ClN4O3/c1-29-21(28)19(25-20(27)12-4-6-13(22)7-5-12)18-15-8-14(9-16(15)18)26(24)10-17(23)11-2-3-11/h4-7,10-11,14-16,18-19H,2-3,8-9,23-24H2,1H3,(H,25,27)/b17-10-/t14?,15-,16+,18?,19?. The van der Waals surface area contributed by atoms with Crippen LogP contribution < -0.4 is 16.9 Å². The minimum atomic E-state index is -0.655. The summed E-state index contributed by atoms with van der Waals surface area (Å²) in [6.45, 7) is 0. The number of benzene rings is 1. The summed E-state index contributed by atoms with van der Waals surface area (Å²) in [6, 6.07) is 6.13. The van der Waals surface area contributed by atoms with Crippen molar-refractivity contribution < 1.29 is 14.3 Å². The van der Waals surface area contributed by atoms with Crippen molar-refractivity contribution in [2.75, 3.05) is 7.11 Å². The molecule has 5 N–H and O–H groups in total. The lowest BCUT2D eigenvalue weighted by Crippen LogP contribution is -2.45. The molecule has 3 unspecified atom stereocenters. The van der Waals surface area contributed by atoms with Crippen molar-refractivity contribution in [2.24, 2.45) is 35.2 Å². The summed E-state index contributed by atoms with van der Waals surface area (Å²) in [5.74, 6) is 6.74. The monoisotopic (exact) mass is 418 g/mol. The summed E-state index contributed by atoms with van der Waals surface area (Å²) in [6.07, 6.45) is 5.90. The van der Waals surface area contributed by atoms with Crippen LogP contribution in [-0.4, -0.2) is 36.1 Å². The first-order valence-electron chi connectivity index (χ1n) is 10.0. The summed E-state index contributed by atoms with van der Waals surface area (Å²) in [7, 11) is 1.35. The molecular weight excluding hydrogens is 392 g/mol. The fourth-order valence-corrected chi connectivity index (χ4v) is 4.79. The van der Waals surface area contributed by atoms with Crippen molar-refractivity contribution in [1.29, 1.82) is 0 Å². The molecule has 0 radical (unpaired) electrons. The second-order valence-electron chi connectivity index (χ2n) is 8.36. The molecule has 1 amide bonds. The molecule has 3 saturated carbocycles. The van der Waals surface area contributed by atoms with Gasteiger partial charge in [-0.25, -0.2) is 10.6 Å². The lowest BCUT2D eigenvalue weighted by atomic mass is 10.0. The highest BCUT2D eigenvalue weighted by molar-refractivity contribution is 6.30. The Labute approximate surface area is 175 Å². The second kappa shape index (κ2) is 7.88. The number of esters is 1. The van der Waals surface area contributed by atoms with Crippen molar-refractivity contribution in [1.82, 2.24) is 10.3 Å². The Balaban J connectivity index is 1.37. The number of methoxy groups -OCH3 is 1. The van der Waals surface area contributed by atoms with E-state index in [2.05, 4.69) is 5.32 Å². The Bertz CT molecular complexity index is 812. The highest BCUT2D eigenvalue weighted by atomic mass is 35.5. The van der Waals surface area contributed by atoms with E-state index in [0.29, 0.717) is 28.3 Å². The normalized spacial score (nSPS) is 29.0. The second-order valence-corrected chi connectivity index (χ2v) is 8.80. The minimum absolute atomic E-state index is 0.0770. The van der Waals surface area contributed by atoms with Crippen LogP contribution in [0.5, 0.6) is 0 Å². The van der Waals surface area contributed by atoms with E-state index in [9.17, 15) is 9.59 Å². The van der Waals surface area contributed by atoms with Crippen molar-refractivity contribution in [3.8, 4) is 0 Å². The van der Waals surface area contributed by atoms with Gasteiger partial charge in [-0.15, -0.1) is 0 Å². The fourth-order valence-electron chi connectivity index (χ4n) is 4.67. The molecule has 3 fully saturated rings. The van der Waals surface area contributed by atoms with Gasteiger partial charge in [0.2, 0.25) is 0 Å². The van der Waals surface area contributed by atoms with Gasteiger partial charge in [0.05, 0.1) is 7.11 Å². The molecular formula is C21H27ClN4O3. The number of hydrogen-bond donors (Lipinski definition) is 3. The lowest BCUT2D eigenvalue weighted by molar-refractivity contribution is -0.143. The zero-order valence-corrected chi connectivity index (χ0v) is 17.1. The van der Waals surface area contributed by atoms with Crippen molar-refractivity contribution in [2.45, 2.75) is 37.8 Å². The topological polar surface area (TPSA) is 111 Å². The minimum Gasteiger partial charge on any atom is -0.467 e. The zero-order chi connectivity index (χ0) is 20.7. The SMILES string of the molecule is COC(=O)C(NC(=O)c1ccc(Cl)cc1)C1[C@H]2CC(N(N)/C=C(\N)C3CC3)C[C@@H]12. The maximum absolute atomic E-state index is 12.6. The van der Waals surface area contributed by atoms with E-state index in [4.69, 9.17) is 27.9 Å². The van der Waals surface area contributed by atoms with Crippen molar-refractivity contribution >= 4 is 23.5 Å².